The second-order valence-electron chi connectivity index (χ2n) is 11.2. The SMILES string of the molecule is CCC[C@H](CC(=O)[C@@H]1C[C@@H](S(=O)(=O)c2ccccc2Cl)CN1C(=O)C1(c2ccc(Cl)cc2)CC1)C(=O)C(=O)NCC(F)(F)F. The van der Waals surface area contributed by atoms with Crippen LogP contribution < -0.4 is 5.32 Å². The third-order valence-electron chi connectivity index (χ3n) is 8.16. The number of rotatable bonds is 12. The molecule has 0 aromatic heterocycles. The molecule has 2 aromatic carbocycles. The summed E-state index contributed by atoms with van der Waals surface area (Å²) in [6, 6.07) is 11.2. The maximum Gasteiger partial charge on any atom is 0.405 e. The molecule has 1 aliphatic heterocycles. The molecule has 44 heavy (non-hydrogen) atoms. The topological polar surface area (TPSA) is 118 Å². The number of alkyl halides is 3. The predicted molar refractivity (Wildman–Crippen MR) is 157 cm³/mol. The van der Waals surface area contributed by atoms with Crippen molar-refractivity contribution in [2.24, 2.45) is 5.92 Å². The second kappa shape index (κ2) is 13.2. The van der Waals surface area contributed by atoms with Crippen LogP contribution in [0.3, 0.4) is 0 Å². The molecule has 0 bridgehead atoms. The van der Waals surface area contributed by atoms with E-state index >= 15 is 0 Å². The summed E-state index contributed by atoms with van der Waals surface area (Å²) in [5.41, 5.74) is -0.321. The Morgan fingerprint density at radius 3 is 2.25 bits per heavy atom. The largest absolute Gasteiger partial charge is 0.405 e. The molecule has 0 radical (unpaired) electrons. The lowest BCUT2D eigenvalue weighted by molar-refractivity contribution is -0.148. The van der Waals surface area contributed by atoms with Gasteiger partial charge in [-0.15, -0.1) is 0 Å². The number of amides is 2. The average Bonchev–Trinajstić information content (AvgIpc) is 3.65. The zero-order valence-electron chi connectivity index (χ0n) is 23.7. The van der Waals surface area contributed by atoms with E-state index in [0.29, 0.717) is 29.8 Å². The highest BCUT2D eigenvalue weighted by atomic mass is 35.5. The van der Waals surface area contributed by atoms with Gasteiger partial charge in [-0.05, 0) is 55.5 Å². The van der Waals surface area contributed by atoms with Gasteiger partial charge in [-0.1, -0.05) is 60.8 Å². The Balaban J connectivity index is 1.64. The molecule has 238 valence electrons. The number of hydrogen-bond acceptors (Lipinski definition) is 6. The summed E-state index contributed by atoms with van der Waals surface area (Å²) in [5.74, 6) is -5.00. The number of likely N-dealkylation sites (tertiary alicyclic amines) is 1. The summed E-state index contributed by atoms with van der Waals surface area (Å²) in [7, 11) is -4.12. The molecule has 2 aliphatic rings. The number of nitrogens with zero attached hydrogens (tertiary/aromatic N) is 1. The Morgan fingerprint density at radius 2 is 1.68 bits per heavy atom. The molecule has 1 aliphatic carbocycles. The molecule has 2 fully saturated rings. The van der Waals surface area contributed by atoms with E-state index in [-0.39, 0.29) is 29.3 Å². The van der Waals surface area contributed by atoms with Gasteiger partial charge in [0, 0.05) is 23.9 Å². The molecular formula is C30H31Cl2F3N2O6S. The normalized spacial score (nSPS) is 20.2. The van der Waals surface area contributed by atoms with E-state index in [2.05, 4.69) is 0 Å². The van der Waals surface area contributed by atoms with Crippen LogP contribution in [0.15, 0.2) is 53.4 Å². The Labute approximate surface area is 263 Å². The van der Waals surface area contributed by atoms with Crippen LogP contribution in [0.4, 0.5) is 13.2 Å². The van der Waals surface area contributed by atoms with Crippen molar-refractivity contribution in [2.75, 3.05) is 13.1 Å². The summed E-state index contributed by atoms with van der Waals surface area (Å²) in [4.78, 5) is 54.1. The van der Waals surface area contributed by atoms with E-state index in [9.17, 15) is 40.8 Å². The van der Waals surface area contributed by atoms with Crippen molar-refractivity contribution in [3.8, 4) is 0 Å². The van der Waals surface area contributed by atoms with Gasteiger partial charge in [0.2, 0.25) is 11.7 Å². The van der Waals surface area contributed by atoms with Crippen molar-refractivity contribution in [2.45, 2.75) is 73.2 Å². The minimum atomic E-state index is -4.73. The van der Waals surface area contributed by atoms with E-state index in [1.165, 1.54) is 23.1 Å². The summed E-state index contributed by atoms with van der Waals surface area (Å²) < 4.78 is 65.2. The highest BCUT2D eigenvalue weighted by Gasteiger charge is 2.57. The van der Waals surface area contributed by atoms with E-state index in [1.807, 2.05) is 0 Å². The second-order valence-corrected chi connectivity index (χ2v) is 14.3. The molecule has 0 unspecified atom stereocenters. The van der Waals surface area contributed by atoms with E-state index in [0.717, 1.165) is 0 Å². The Bertz CT molecular complexity index is 1540. The molecule has 4 rings (SSSR count). The van der Waals surface area contributed by atoms with Crippen LogP contribution in [0.5, 0.6) is 0 Å². The zero-order chi connectivity index (χ0) is 32.4. The lowest BCUT2D eigenvalue weighted by Crippen LogP contribution is -2.47. The van der Waals surface area contributed by atoms with Gasteiger partial charge in [-0.3, -0.25) is 19.2 Å². The van der Waals surface area contributed by atoms with Gasteiger partial charge < -0.3 is 10.2 Å². The van der Waals surface area contributed by atoms with Crippen LogP contribution in [0, 0.1) is 5.92 Å². The van der Waals surface area contributed by atoms with E-state index < -0.39 is 75.0 Å². The minimum absolute atomic E-state index is 0.0153. The first-order valence-corrected chi connectivity index (χ1v) is 16.4. The molecule has 1 heterocycles. The molecule has 1 N–H and O–H groups in total. The van der Waals surface area contributed by atoms with Crippen molar-refractivity contribution >= 4 is 56.4 Å². The van der Waals surface area contributed by atoms with Crippen molar-refractivity contribution in [3.05, 3.63) is 64.1 Å². The monoisotopic (exact) mass is 674 g/mol. The molecule has 0 spiro atoms. The van der Waals surface area contributed by atoms with Crippen molar-refractivity contribution in [1.29, 1.82) is 0 Å². The van der Waals surface area contributed by atoms with Gasteiger partial charge >= 0.3 is 6.18 Å². The fourth-order valence-corrected chi connectivity index (χ4v) is 8.05. The molecule has 2 aromatic rings. The lowest BCUT2D eigenvalue weighted by atomic mass is 9.89. The number of carbonyl (C=O) groups excluding carboxylic acids is 4. The number of ketones is 2. The Hall–Kier alpha value is -2.96. The number of halogens is 5. The number of hydrogen-bond donors (Lipinski definition) is 1. The van der Waals surface area contributed by atoms with Crippen LogP contribution in [-0.2, 0) is 34.4 Å². The maximum absolute atomic E-state index is 14.1. The Kier molecular flexibility index (Phi) is 10.2. The smallest absolute Gasteiger partial charge is 0.340 e. The van der Waals surface area contributed by atoms with Crippen molar-refractivity contribution < 1.29 is 40.8 Å². The third-order valence-corrected chi connectivity index (χ3v) is 11.0. The third kappa shape index (κ3) is 7.29. The van der Waals surface area contributed by atoms with Gasteiger partial charge in [-0.25, -0.2) is 8.42 Å². The fourth-order valence-electron chi connectivity index (χ4n) is 5.71. The summed E-state index contributed by atoms with van der Waals surface area (Å²) in [6.45, 7) is -0.334. The minimum Gasteiger partial charge on any atom is -0.340 e. The van der Waals surface area contributed by atoms with Crippen LogP contribution in [0.2, 0.25) is 10.0 Å². The van der Waals surface area contributed by atoms with Crippen molar-refractivity contribution in [1.82, 2.24) is 10.2 Å². The van der Waals surface area contributed by atoms with Gasteiger partial charge in [0.25, 0.3) is 5.91 Å². The first kappa shape index (κ1) is 33.9. The summed E-state index contributed by atoms with van der Waals surface area (Å²) >= 11 is 12.2. The van der Waals surface area contributed by atoms with E-state index in [1.54, 1.807) is 42.6 Å². The lowest BCUT2D eigenvalue weighted by Gasteiger charge is -2.29. The first-order valence-electron chi connectivity index (χ1n) is 14.1. The van der Waals surface area contributed by atoms with E-state index in [4.69, 9.17) is 23.2 Å². The summed E-state index contributed by atoms with van der Waals surface area (Å²) in [6.07, 6.45) is -4.27. The number of benzene rings is 2. The molecule has 2 amide bonds. The maximum atomic E-state index is 14.1. The number of nitrogens with one attached hydrogen (secondary N) is 1. The van der Waals surface area contributed by atoms with Gasteiger partial charge in [0.15, 0.2) is 15.6 Å². The predicted octanol–water partition coefficient (Wildman–Crippen LogP) is 5.09. The van der Waals surface area contributed by atoms with Gasteiger partial charge in [-0.2, -0.15) is 13.2 Å². The van der Waals surface area contributed by atoms with Gasteiger partial charge in [0.05, 0.1) is 26.6 Å². The molecule has 14 heteroatoms. The van der Waals surface area contributed by atoms with Crippen LogP contribution in [-0.4, -0.2) is 67.3 Å². The molecular weight excluding hydrogens is 644 g/mol. The molecule has 3 atom stereocenters. The van der Waals surface area contributed by atoms with Gasteiger partial charge in [0.1, 0.15) is 6.54 Å². The van der Waals surface area contributed by atoms with Crippen LogP contribution in [0.1, 0.15) is 51.0 Å². The number of sulfone groups is 1. The molecule has 1 saturated carbocycles. The number of Topliss-reactive ketones (excluding diaryl/α,β-unsaturated/α-hetero) is 2. The zero-order valence-corrected chi connectivity index (χ0v) is 26.0. The highest BCUT2D eigenvalue weighted by Crippen LogP contribution is 2.51. The highest BCUT2D eigenvalue weighted by molar-refractivity contribution is 7.92. The molecule has 1 saturated heterocycles. The fraction of sp³-hybridized carbons (Fsp3) is 0.467. The standard InChI is InChI=1S/C30H31Cl2F3N2O6S/c1-2-5-18(26(39)27(40)36-17-30(33,34)35)14-24(38)23-15-21(44(42,43)25-7-4-3-6-22(25)32)16-37(23)28(41)29(12-13-29)19-8-10-20(31)11-9-19/h3-4,6-11,18,21,23H,2,5,12-17H2,1H3,(H,36,40)/t18-,21-,23+/m1/s1. The van der Waals surface area contributed by atoms with Crippen LogP contribution >= 0.6 is 23.2 Å². The molecule has 8 nitrogen and oxygen atoms in total. The first-order chi connectivity index (χ1) is 20.6. The average molecular weight is 676 g/mol. The number of carbonyl (C=O) groups is 4. The Morgan fingerprint density at radius 1 is 1.05 bits per heavy atom. The van der Waals surface area contributed by atoms with Crippen molar-refractivity contribution in [3.63, 3.8) is 0 Å². The van der Waals surface area contributed by atoms with Crippen LogP contribution in [0.25, 0.3) is 0 Å². The quantitative estimate of drug-likeness (QED) is 0.314. The summed E-state index contributed by atoms with van der Waals surface area (Å²) in [5, 5.41) is 0.790.